The molecule has 0 radical (unpaired) electrons. The Kier molecular flexibility index (Phi) is 4.27. The minimum atomic E-state index is -0.949. The Labute approximate surface area is 141 Å². The summed E-state index contributed by atoms with van der Waals surface area (Å²) >= 11 is 6.14. The molecular weight excluding hydrogens is 334 g/mol. The number of carbonyl (C=O) groups excluding carboxylic acids is 1. The second-order valence-electron chi connectivity index (χ2n) is 5.05. The van der Waals surface area contributed by atoms with E-state index in [1.165, 1.54) is 12.3 Å². The molecule has 6 heteroatoms. The van der Waals surface area contributed by atoms with Crippen molar-refractivity contribution in [1.82, 2.24) is 4.98 Å². The molecule has 2 N–H and O–H groups in total. The minimum Gasteiger partial charge on any atom is -0.396 e. The second kappa shape index (κ2) is 6.37. The van der Waals surface area contributed by atoms with Crippen LogP contribution >= 0.6 is 11.6 Å². The first-order chi connectivity index (χ1) is 11.5. The van der Waals surface area contributed by atoms with Crippen LogP contribution in [0.1, 0.15) is 15.9 Å². The SMILES string of the molecule is Nc1c(C(=O)c2ccc(F)cc2F)ccnc1-c1ccccc1Cl. The van der Waals surface area contributed by atoms with E-state index in [9.17, 15) is 13.6 Å². The van der Waals surface area contributed by atoms with E-state index in [0.717, 1.165) is 12.1 Å². The average molecular weight is 345 g/mol. The van der Waals surface area contributed by atoms with Gasteiger partial charge in [-0.15, -0.1) is 0 Å². The largest absolute Gasteiger partial charge is 0.396 e. The molecule has 0 unspecified atom stereocenters. The van der Waals surface area contributed by atoms with E-state index >= 15 is 0 Å². The third kappa shape index (κ3) is 2.86. The van der Waals surface area contributed by atoms with Crippen LogP contribution in [0.5, 0.6) is 0 Å². The second-order valence-corrected chi connectivity index (χ2v) is 5.46. The van der Waals surface area contributed by atoms with Crippen LogP contribution < -0.4 is 5.73 Å². The lowest BCUT2D eigenvalue weighted by atomic mass is 9.99. The molecule has 1 aromatic heterocycles. The van der Waals surface area contributed by atoms with Gasteiger partial charge in [0.1, 0.15) is 11.6 Å². The Bertz CT molecular complexity index is 944. The first-order valence-electron chi connectivity index (χ1n) is 6.98. The van der Waals surface area contributed by atoms with Crippen LogP contribution in [0.4, 0.5) is 14.5 Å². The predicted molar refractivity (Wildman–Crippen MR) is 88.9 cm³/mol. The van der Waals surface area contributed by atoms with E-state index in [2.05, 4.69) is 4.98 Å². The highest BCUT2D eigenvalue weighted by molar-refractivity contribution is 6.33. The van der Waals surface area contributed by atoms with Crippen LogP contribution in [-0.2, 0) is 0 Å². The van der Waals surface area contributed by atoms with Gasteiger partial charge in [-0.05, 0) is 24.3 Å². The van der Waals surface area contributed by atoms with Crippen LogP contribution in [0.2, 0.25) is 5.02 Å². The zero-order valence-electron chi connectivity index (χ0n) is 12.3. The van der Waals surface area contributed by atoms with Crippen molar-refractivity contribution in [2.75, 3.05) is 5.73 Å². The van der Waals surface area contributed by atoms with E-state index in [1.807, 2.05) is 0 Å². The molecule has 0 saturated heterocycles. The number of nitrogen functional groups attached to an aromatic ring is 1. The lowest BCUT2D eigenvalue weighted by Gasteiger charge is -2.11. The zero-order valence-corrected chi connectivity index (χ0v) is 13.0. The molecule has 3 nitrogen and oxygen atoms in total. The Hall–Kier alpha value is -2.79. The highest BCUT2D eigenvalue weighted by Crippen LogP contribution is 2.32. The molecule has 0 aliphatic heterocycles. The summed E-state index contributed by atoms with van der Waals surface area (Å²) in [7, 11) is 0. The molecule has 0 aliphatic rings. The van der Waals surface area contributed by atoms with Crippen molar-refractivity contribution in [3.05, 3.63) is 82.5 Å². The van der Waals surface area contributed by atoms with E-state index in [-0.39, 0.29) is 16.8 Å². The van der Waals surface area contributed by atoms with E-state index < -0.39 is 17.4 Å². The molecule has 0 atom stereocenters. The number of hydrogen-bond acceptors (Lipinski definition) is 3. The highest BCUT2D eigenvalue weighted by Gasteiger charge is 2.20. The molecule has 3 rings (SSSR count). The van der Waals surface area contributed by atoms with Gasteiger partial charge in [-0.1, -0.05) is 29.8 Å². The first-order valence-corrected chi connectivity index (χ1v) is 7.36. The third-order valence-corrected chi connectivity index (χ3v) is 3.87. The summed E-state index contributed by atoms with van der Waals surface area (Å²) in [5.74, 6) is -2.36. The van der Waals surface area contributed by atoms with Gasteiger partial charge in [0.15, 0.2) is 5.78 Å². The summed E-state index contributed by atoms with van der Waals surface area (Å²) in [6.45, 7) is 0. The van der Waals surface area contributed by atoms with Crippen molar-refractivity contribution in [2.45, 2.75) is 0 Å². The number of hydrogen-bond donors (Lipinski definition) is 1. The Morgan fingerprint density at radius 2 is 1.79 bits per heavy atom. The van der Waals surface area contributed by atoms with Crippen molar-refractivity contribution < 1.29 is 13.6 Å². The smallest absolute Gasteiger partial charge is 0.198 e. The number of aromatic nitrogens is 1. The van der Waals surface area contributed by atoms with Crippen LogP contribution in [0.25, 0.3) is 11.3 Å². The number of halogens is 3. The monoisotopic (exact) mass is 344 g/mol. The van der Waals surface area contributed by atoms with E-state index in [0.29, 0.717) is 22.3 Å². The maximum atomic E-state index is 13.9. The molecule has 0 spiro atoms. The normalized spacial score (nSPS) is 10.6. The van der Waals surface area contributed by atoms with Gasteiger partial charge in [-0.3, -0.25) is 9.78 Å². The Morgan fingerprint density at radius 1 is 1.04 bits per heavy atom. The summed E-state index contributed by atoms with van der Waals surface area (Å²) < 4.78 is 26.9. The highest BCUT2D eigenvalue weighted by atomic mass is 35.5. The fourth-order valence-corrected chi connectivity index (χ4v) is 2.58. The van der Waals surface area contributed by atoms with Crippen LogP contribution in [-0.4, -0.2) is 10.8 Å². The van der Waals surface area contributed by atoms with Crippen LogP contribution in [0, 0.1) is 11.6 Å². The van der Waals surface area contributed by atoms with E-state index in [1.54, 1.807) is 24.3 Å². The van der Waals surface area contributed by atoms with E-state index in [4.69, 9.17) is 17.3 Å². The third-order valence-electron chi connectivity index (χ3n) is 3.54. The molecule has 120 valence electrons. The van der Waals surface area contributed by atoms with Crippen LogP contribution in [0.15, 0.2) is 54.7 Å². The number of rotatable bonds is 3. The number of anilines is 1. The quantitative estimate of drug-likeness (QED) is 0.712. The van der Waals surface area contributed by atoms with Gasteiger partial charge in [0.05, 0.1) is 22.0 Å². The topological polar surface area (TPSA) is 56.0 Å². The molecule has 2 aromatic carbocycles. The number of ketones is 1. The number of nitrogens with zero attached hydrogens (tertiary/aromatic N) is 1. The van der Waals surface area contributed by atoms with Crippen molar-refractivity contribution in [2.24, 2.45) is 0 Å². The molecule has 0 fully saturated rings. The molecular formula is C18H11ClF2N2O. The molecule has 24 heavy (non-hydrogen) atoms. The zero-order chi connectivity index (χ0) is 17.3. The fourth-order valence-electron chi connectivity index (χ4n) is 2.36. The van der Waals surface area contributed by atoms with Crippen molar-refractivity contribution in [1.29, 1.82) is 0 Å². The summed E-state index contributed by atoms with van der Waals surface area (Å²) in [4.78, 5) is 16.7. The summed E-state index contributed by atoms with van der Waals surface area (Å²) in [5, 5.41) is 0.425. The van der Waals surface area contributed by atoms with Gasteiger partial charge >= 0.3 is 0 Å². The molecule has 0 bridgehead atoms. The molecule has 0 aliphatic carbocycles. The lowest BCUT2D eigenvalue weighted by Crippen LogP contribution is -2.09. The number of pyridine rings is 1. The predicted octanol–water partition coefficient (Wildman–Crippen LogP) is 4.49. The Morgan fingerprint density at radius 3 is 2.50 bits per heavy atom. The molecule has 3 aromatic rings. The van der Waals surface area contributed by atoms with Gasteiger partial charge < -0.3 is 5.73 Å². The number of nitrogens with two attached hydrogens (primary N) is 1. The Balaban J connectivity index is 2.12. The van der Waals surface area contributed by atoms with Gasteiger partial charge in [0.2, 0.25) is 0 Å². The van der Waals surface area contributed by atoms with Gasteiger partial charge in [0, 0.05) is 23.4 Å². The summed E-state index contributed by atoms with van der Waals surface area (Å²) in [6.07, 6.45) is 1.39. The van der Waals surface area contributed by atoms with Gasteiger partial charge in [0.25, 0.3) is 0 Å². The van der Waals surface area contributed by atoms with Gasteiger partial charge in [-0.2, -0.15) is 0 Å². The minimum absolute atomic E-state index is 0.0745. The number of benzene rings is 2. The van der Waals surface area contributed by atoms with Crippen LogP contribution in [0.3, 0.4) is 0 Å². The van der Waals surface area contributed by atoms with Crippen molar-refractivity contribution in [3.63, 3.8) is 0 Å². The molecule has 1 heterocycles. The van der Waals surface area contributed by atoms with Gasteiger partial charge in [-0.25, -0.2) is 8.78 Å². The van der Waals surface area contributed by atoms with Crippen molar-refractivity contribution in [3.8, 4) is 11.3 Å². The molecule has 0 saturated carbocycles. The summed E-state index contributed by atoms with van der Waals surface area (Å²) in [5.41, 5.74) is 6.85. The summed E-state index contributed by atoms with van der Waals surface area (Å²) in [6, 6.07) is 11.0. The first kappa shape index (κ1) is 16.1. The lowest BCUT2D eigenvalue weighted by molar-refractivity contribution is 0.103. The average Bonchev–Trinajstić information content (AvgIpc) is 2.55. The fraction of sp³-hybridized carbons (Fsp3) is 0. The maximum absolute atomic E-state index is 13.9. The van der Waals surface area contributed by atoms with Crippen molar-refractivity contribution >= 4 is 23.1 Å². The molecule has 0 amide bonds. The standard InChI is InChI=1S/C18H11ClF2N2O/c19-14-4-2-1-3-11(14)17-16(22)13(7-8-23-17)18(24)12-6-5-10(20)9-15(12)21/h1-9H,22H2. The maximum Gasteiger partial charge on any atom is 0.198 e. The number of carbonyl (C=O) groups is 1.